The first kappa shape index (κ1) is 16.4. The molecule has 0 radical (unpaired) electrons. The lowest BCUT2D eigenvalue weighted by molar-refractivity contribution is -0.121. The summed E-state index contributed by atoms with van der Waals surface area (Å²) < 4.78 is 0. The van der Waals surface area contributed by atoms with Crippen molar-refractivity contribution in [2.24, 2.45) is 17.8 Å². The molecule has 4 heteroatoms. The van der Waals surface area contributed by atoms with Crippen molar-refractivity contribution in [1.29, 1.82) is 0 Å². The zero-order chi connectivity index (χ0) is 14.1. The van der Waals surface area contributed by atoms with E-state index in [0.717, 1.165) is 32.4 Å². The largest absolute Gasteiger partial charge is 0.396 e. The van der Waals surface area contributed by atoms with Crippen molar-refractivity contribution < 1.29 is 9.90 Å². The fourth-order valence-corrected chi connectivity index (χ4v) is 2.80. The van der Waals surface area contributed by atoms with Gasteiger partial charge in [-0.1, -0.05) is 13.8 Å². The minimum atomic E-state index is 0.165. The molecule has 0 aromatic rings. The summed E-state index contributed by atoms with van der Waals surface area (Å²) in [7, 11) is 0. The van der Waals surface area contributed by atoms with Crippen molar-refractivity contribution in [1.82, 2.24) is 10.6 Å². The monoisotopic (exact) mass is 270 g/mol. The molecule has 0 aliphatic carbocycles. The van der Waals surface area contributed by atoms with Crippen LogP contribution in [0.25, 0.3) is 0 Å². The number of aliphatic hydroxyl groups is 1. The van der Waals surface area contributed by atoms with Gasteiger partial charge in [0.1, 0.15) is 0 Å². The standard InChI is InChI=1S/C15H30N2O2/c1-12(2)9-14(6-8-18)11-17-15(19)4-3-13-5-7-16-10-13/h12-14,16,18H,3-11H2,1-2H3,(H,17,19). The van der Waals surface area contributed by atoms with E-state index in [-0.39, 0.29) is 12.5 Å². The van der Waals surface area contributed by atoms with Gasteiger partial charge in [0, 0.05) is 19.6 Å². The quantitative estimate of drug-likeness (QED) is 0.595. The van der Waals surface area contributed by atoms with Crippen LogP contribution in [0, 0.1) is 17.8 Å². The second kappa shape index (κ2) is 9.32. The van der Waals surface area contributed by atoms with Gasteiger partial charge in [0.2, 0.25) is 5.91 Å². The van der Waals surface area contributed by atoms with E-state index in [1.165, 1.54) is 6.42 Å². The number of aliphatic hydroxyl groups excluding tert-OH is 1. The molecule has 1 aliphatic rings. The van der Waals surface area contributed by atoms with Crippen molar-refractivity contribution in [3.05, 3.63) is 0 Å². The molecule has 1 aliphatic heterocycles. The van der Waals surface area contributed by atoms with Crippen LogP contribution in [0.2, 0.25) is 0 Å². The smallest absolute Gasteiger partial charge is 0.220 e. The van der Waals surface area contributed by atoms with Crippen LogP contribution in [0.1, 0.15) is 46.0 Å². The number of amides is 1. The average molecular weight is 270 g/mol. The highest BCUT2D eigenvalue weighted by Crippen LogP contribution is 2.16. The summed E-state index contributed by atoms with van der Waals surface area (Å²) >= 11 is 0. The van der Waals surface area contributed by atoms with E-state index in [2.05, 4.69) is 24.5 Å². The molecule has 1 rings (SSSR count). The summed E-state index contributed by atoms with van der Waals surface area (Å²) in [6.45, 7) is 7.44. The molecule has 4 nitrogen and oxygen atoms in total. The van der Waals surface area contributed by atoms with Crippen LogP contribution < -0.4 is 10.6 Å². The van der Waals surface area contributed by atoms with Gasteiger partial charge in [-0.2, -0.15) is 0 Å². The number of hydrogen-bond acceptors (Lipinski definition) is 3. The predicted octanol–water partition coefficient (Wildman–Crippen LogP) is 1.54. The summed E-state index contributed by atoms with van der Waals surface area (Å²) in [5.41, 5.74) is 0. The van der Waals surface area contributed by atoms with E-state index in [0.29, 0.717) is 30.7 Å². The number of rotatable bonds is 9. The van der Waals surface area contributed by atoms with Gasteiger partial charge in [0.15, 0.2) is 0 Å². The zero-order valence-corrected chi connectivity index (χ0v) is 12.5. The Bertz CT molecular complexity index is 251. The maximum Gasteiger partial charge on any atom is 0.220 e. The molecule has 1 amide bonds. The molecule has 0 aromatic heterocycles. The Balaban J connectivity index is 2.15. The summed E-state index contributed by atoms with van der Waals surface area (Å²) in [5, 5.41) is 15.4. The molecule has 2 unspecified atom stereocenters. The van der Waals surface area contributed by atoms with Gasteiger partial charge >= 0.3 is 0 Å². The topological polar surface area (TPSA) is 61.4 Å². The first-order chi connectivity index (χ1) is 9.11. The molecule has 0 bridgehead atoms. The van der Waals surface area contributed by atoms with Crippen LogP contribution in [0.3, 0.4) is 0 Å². The molecular formula is C15H30N2O2. The molecule has 112 valence electrons. The predicted molar refractivity (Wildman–Crippen MR) is 77.9 cm³/mol. The lowest BCUT2D eigenvalue weighted by Crippen LogP contribution is -2.30. The Morgan fingerprint density at radius 2 is 2.26 bits per heavy atom. The molecule has 2 atom stereocenters. The fraction of sp³-hybridized carbons (Fsp3) is 0.933. The summed E-state index contributed by atoms with van der Waals surface area (Å²) in [6.07, 6.45) is 4.68. The molecule has 0 aromatic carbocycles. The van der Waals surface area contributed by atoms with Crippen LogP contribution in [0.15, 0.2) is 0 Å². The third-order valence-electron chi connectivity index (χ3n) is 3.87. The van der Waals surface area contributed by atoms with Crippen molar-refractivity contribution >= 4 is 5.91 Å². The summed E-state index contributed by atoms with van der Waals surface area (Å²) in [4.78, 5) is 11.8. The van der Waals surface area contributed by atoms with Gasteiger partial charge < -0.3 is 15.7 Å². The Labute approximate surface area is 117 Å². The lowest BCUT2D eigenvalue weighted by atomic mass is 9.94. The van der Waals surface area contributed by atoms with E-state index in [4.69, 9.17) is 5.11 Å². The molecule has 3 N–H and O–H groups in total. The highest BCUT2D eigenvalue weighted by Gasteiger charge is 2.16. The summed E-state index contributed by atoms with van der Waals surface area (Å²) in [5.74, 6) is 1.85. The minimum absolute atomic E-state index is 0.165. The van der Waals surface area contributed by atoms with Gasteiger partial charge in [-0.3, -0.25) is 4.79 Å². The zero-order valence-electron chi connectivity index (χ0n) is 12.5. The lowest BCUT2D eigenvalue weighted by Gasteiger charge is -2.18. The third kappa shape index (κ3) is 7.53. The SMILES string of the molecule is CC(C)CC(CCO)CNC(=O)CCC1CCNC1. The van der Waals surface area contributed by atoms with Gasteiger partial charge in [-0.05, 0) is 56.5 Å². The Hall–Kier alpha value is -0.610. The van der Waals surface area contributed by atoms with Gasteiger partial charge in [-0.25, -0.2) is 0 Å². The molecular weight excluding hydrogens is 240 g/mol. The Kier molecular flexibility index (Phi) is 8.07. The fourth-order valence-electron chi connectivity index (χ4n) is 2.80. The third-order valence-corrected chi connectivity index (χ3v) is 3.87. The molecule has 1 saturated heterocycles. The van der Waals surface area contributed by atoms with Gasteiger partial charge in [0.25, 0.3) is 0 Å². The van der Waals surface area contributed by atoms with Crippen molar-refractivity contribution in [2.75, 3.05) is 26.2 Å². The van der Waals surface area contributed by atoms with Gasteiger partial charge in [0.05, 0.1) is 0 Å². The summed E-state index contributed by atoms with van der Waals surface area (Å²) in [6, 6.07) is 0. The average Bonchev–Trinajstić information content (AvgIpc) is 2.86. The minimum Gasteiger partial charge on any atom is -0.396 e. The highest BCUT2D eigenvalue weighted by atomic mass is 16.3. The van der Waals surface area contributed by atoms with E-state index in [9.17, 15) is 4.79 Å². The second-order valence-electron chi connectivity index (χ2n) is 6.21. The van der Waals surface area contributed by atoms with Crippen molar-refractivity contribution in [3.63, 3.8) is 0 Å². The second-order valence-corrected chi connectivity index (χ2v) is 6.21. The molecule has 1 heterocycles. The molecule has 1 fully saturated rings. The van der Waals surface area contributed by atoms with Crippen LogP contribution in [0.5, 0.6) is 0 Å². The maximum atomic E-state index is 11.8. The Morgan fingerprint density at radius 3 is 2.84 bits per heavy atom. The molecule has 19 heavy (non-hydrogen) atoms. The van der Waals surface area contributed by atoms with Crippen molar-refractivity contribution in [3.8, 4) is 0 Å². The van der Waals surface area contributed by atoms with Crippen molar-refractivity contribution in [2.45, 2.75) is 46.0 Å². The number of carbonyl (C=O) groups is 1. The van der Waals surface area contributed by atoms with E-state index in [1.807, 2.05) is 0 Å². The van der Waals surface area contributed by atoms with Crippen LogP contribution in [0.4, 0.5) is 0 Å². The highest BCUT2D eigenvalue weighted by molar-refractivity contribution is 5.75. The van der Waals surface area contributed by atoms with E-state index < -0.39 is 0 Å². The van der Waals surface area contributed by atoms with E-state index in [1.54, 1.807) is 0 Å². The Morgan fingerprint density at radius 1 is 1.47 bits per heavy atom. The van der Waals surface area contributed by atoms with Gasteiger partial charge in [-0.15, -0.1) is 0 Å². The number of hydrogen-bond donors (Lipinski definition) is 3. The molecule has 0 spiro atoms. The molecule has 0 saturated carbocycles. The van der Waals surface area contributed by atoms with Crippen LogP contribution in [-0.4, -0.2) is 37.3 Å². The number of nitrogens with one attached hydrogen (secondary N) is 2. The van der Waals surface area contributed by atoms with E-state index >= 15 is 0 Å². The number of carbonyl (C=O) groups excluding carboxylic acids is 1. The van der Waals surface area contributed by atoms with Crippen LogP contribution >= 0.6 is 0 Å². The van der Waals surface area contributed by atoms with Crippen LogP contribution in [-0.2, 0) is 4.79 Å². The first-order valence-electron chi connectivity index (χ1n) is 7.70. The first-order valence-corrected chi connectivity index (χ1v) is 7.70. The normalized spacial score (nSPS) is 20.7. The maximum absolute atomic E-state index is 11.8.